The molecule has 6 heteroatoms. The number of amides is 1. The summed E-state index contributed by atoms with van der Waals surface area (Å²) in [6.07, 6.45) is 0. The van der Waals surface area contributed by atoms with Crippen molar-refractivity contribution in [3.8, 4) is 5.75 Å². The molecule has 6 nitrogen and oxygen atoms in total. The van der Waals surface area contributed by atoms with E-state index in [1.807, 2.05) is 0 Å². The normalized spacial score (nSPS) is 11.5. The third-order valence-corrected chi connectivity index (χ3v) is 2.41. The number of esters is 1. The highest BCUT2D eigenvalue weighted by atomic mass is 16.5. The first-order valence-corrected chi connectivity index (χ1v) is 5.85. The smallest absolute Gasteiger partial charge is 0.330 e. The Hall–Kier alpha value is -2.08. The van der Waals surface area contributed by atoms with Crippen molar-refractivity contribution in [1.29, 1.82) is 0 Å². The lowest BCUT2D eigenvalue weighted by Crippen LogP contribution is -2.44. The van der Waals surface area contributed by atoms with Crippen molar-refractivity contribution in [1.82, 2.24) is 5.32 Å². The summed E-state index contributed by atoms with van der Waals surface area (Å²) in [5, 5.41) is 11.4. The number of benzene rings is 1. The van der Waals surface area contributed by atoms with Crippen LogP contribution < -0.4 is 10.1 Å². The summed E-state index contributed by atoms with van der Waals surface area (Å²) in [4.78, 5) is 23.3. The number of para-hydroxylation sites is 1. The van der Waals surface area contributed by atoms with Crippen LogP contribution in [0.5, 0.6) is 5.75 Å². The fraction of sp³-hybridized carbons (Fsp3) is 0.385. The molecule has 1 rings (SSSR count). The minimum atomic E-state index is -1.09. The molecule has 0 aliphatic carbocycles. The summed E-state index contributed by atoms with van der Waals surface area (Å²) in [6, 6.07) is 5.57. The molecule has 2 N–H and O–H groups in total. The number of aliphatic hydroxyl groups excluding tert-OH is 1. The number of rotatable bonds is 6. The van der Waals surface area contributed by atoms with E-state index in [4.69, 9.17) is 9.84 Å². The van der Waals surface area contributed by atoms with E-state index in [1.165, 1.54) is 7.11 Å². The lowest BCUT2D eigenvalue weighted by atomic mass is 10.1. The predicted octanol–water partition coefficient (Wildman–Crippen LogP) is 0.349. The van der Waals surface area contributed by atoms with Gasteiger partial charge in [0.15, 0.2) is 6.04 Å². The molecule has 0 radical (unpaired) electrons. The molecule has 0 heterocycles. The molecule has 0 fully saturated rings. The van der Waals surface area contributed by atoms with E-state index in [9.17, 15) is 9.59 Å². The lowest BCUT2D eigenvalue weighted by molar-refractivity contribution is -0.143. The van der Waals surface area contributed by atoms with E-state index in [0.717, 1.165) is 0 Å². The van der Waals surface area contributed by atoms with Gasteiger partial charge in [-0.3, -0.25) is 4.79 Å². The Balaban J connectivity index is 2.85. The summed E-state index contributed by atoms with van der Waals surface area (Å²) < 4.78 is 9.79. The largest absolute Gasteiger partial charge is 0.493 e. The highest BCUT2D eigenvalue weighted by Gasteiger charge is 2.22. The molecule has 0 saturated carbocycles. The zero-order valence-corrected chi connectivity index (χ0v) is 10.9. The average molecular weight is 267 g/mol. The van der Waals surface area contributed by atoms with E-state index < -0.39 is 24.5 Å². The monoisotopic (exact) mass is 267 g/mol. The molecule has 1 atom stereocenters. The van der Waals surface area contributed by atoms with Crippen molar-refractivity contribution in [3.05, 3.63) is 29.8 Å². The van der Waals surface area contributed by atoms with Gasteiger partial charge in [0, 0.05) is 0 Å². The van der Waals surface area contributed by atoms with Gasteiger partial charge in [-0.05, 0) is 19.1 Å². The van der Waals surface area contributed by atoms with Crippen LogP contribution in [0.4, 0.5) is 0 Å². The van der Waals surface area contributed by atoms with Crippen LogP contribution in [0.15, 0.2) is 24.3 Å². The maximum atomic E-state index is 12.0. The zero-order chi connectivity index (χ0) is 14.3. The summed E-state index contributed by atoms with van der Waals surface area (Å²) >= 11 is 0. The second-order valence-electron chi connectivity index (χ2n) is 3.66. The maximum Gasteiger partial charge on any atom is 0.330 e. The number of hydrogen-bond acceptors (Lipinski definition) is 5. The van der Waals surface area contributed by atoms with Gasteiger partial charge in [0.1, 0.15) is 5.75 Å². The van der Waals surface area contributed by atoms with Crippen molar-refractivity contribution in [2.75, 3.05) is 20.3 Å². The van der Waals surface area contributed by atoms with Crippen molar-refractivity contribution >= 4 is 11.9 Å². The van der Waals surface area contributed by atoms with Crippen molar-refractivity contribution in [3.63, 3.8) is 0 Å². The summed E-state index contributed by atoms with van der Waals surface area (Å²) in [5.74, 6) is -0.790. The van der Waals surface area contributed by atoms with E-state index in [0.29, 0.717) is 17.9 Å². The molecule has 0 bridgehead atoms. The van der Waals surface area contributed by atoms with Crippen LogP contribution in [0.3, 0.4) is 0 Å². The first kappa shape index (κ1) is 15.0. The van der Waals surface area contributed by atoms with Gasteiger partial charge in [0.05, 0.1) is 25.9 Å². The van der Waals surface area contributed by atoms with Gasteiger partial charge in [-0.1, -0.05) is 12.1 Å². The van der Waals surface area contributed by atoms with E-state index in [2.05, 4.69) is 10.1 Å². The summed E-state index contributed by atoms with van der Waals surface area (Å²) in [7, 11) is 1.19. The second-order valence-corrected chi connectivity index (χ2v) is 3.66. The molecule has 1 aromatic rings. The Morgan fingerprint density at radius 2 is 2.05 bits per heavy atom. The first-order chi connectivity index (χ1) is 9.13. The Bertz CT molecular complexity index is 446. The van der Waals surface area contributed by atoms with Gasteiger partial charge in [-0.15, -0.1) is 0 Å². The van der Waals surface area contributed by atoms with Crippen molar-refractivity contribution < 1.29 is 24.2 Å². The summed E-state index contributed by atoms with van der Waals surface area (Å²) in [5.41, 5.74) is 0.298. The van der Waals surface area contributed by atoms with Crippen LogP contribution >= 0.6 is 0 Å². The zero-order valence-electron chi connectivity index (χ0n) is 10.9. The number of nitrogens with one attached hydrogen (secondary N) is 1. The molecular weight excluding hydrogens is 250 g/mol. The Kier molecular flexibility index (Phi) is 5.81. The minimum Gasteiger partial charge on any atom is -0.493 e. The van der Waals surface area contributed by atoms with Crippen LogP contribution in [0.2, 0.25) is 0 Å². The van der Waals surface area contributed by atoms with E-state index in [-0.39, 0.29) is 0 Å². The number of ether oxygens (including phenoxy) is 2. The Labute approximate surface area is 111 Å². The van der Waals surface area contributed by atoms with Gasteiger partial charge < -0.3 is 19.9 Å². The SMILES string of the molecule is CCOc1ccccc1C(=O)N[C@@H](CO)C(=O)OC. The molecule has 0 aliphatic rings. The maximum absolute atomic E-state index is 12.0. The van der Waals surface area contributed by atoms with Gasteiger partial charge in [0.25, 0.3) is 5.91 Å². The lowest BCUT2D eigenvalue weighted by Gasteiger charge is -2.15. The molecule has 19 heavy (non-hydrogen) atoms. The quantitative estimate of drug-likeness (QED) is 0.726. The van der Waals surface area contributed by atoms with Gasteiger partial charge in [-0.2, -0.15) is 0 Å². The summed E-state index contributed by atoms with van der Waals surface area (Å²) in [6.45, 7) is 1.69. The van der Waals surface area contributed by atoms with Gasteiger partial charge >= 0.3 is 5.97 Å². The number of carbonyl (C=O) groups excluding carboxylic acids is 2. The third kappa shape index (κ3) is 3.96. The highest BCUT2D eigenvalue weighted by molar-refractivity contribution is 5.99. The van der Waals surface area contributed by atoms with Gasteiger partial charge in [0.2, 0.25) is 0 Å². The molecule has 0 saturated heterocycles. The van der Waals surface area contributed by atoms with Crippen molar-refractivity contribution in [2.24, 2.45) is 0 Å². The fourth-order valence-electron chi connectivity index (χ4n) is 1.49. The predicted molar refractivity (Wildman–Crippen MR) is 68.0 cm³/mol. The van der Waals surface area contributed by atoms with E-state index >= 15 is 0 Å². The standard InChI is InChI=1S/C13H17NO5/c1-3-19-11-7-5-4-6-9(11)12(16)14-10(8-15)13(17)18-2/h4-7,10,15H,3,8H2,1-2H3,(H,14,16)/t10-/m0/s1. The Morgan fingerprint density at radius 3 is 2.63 bits per heavy atom. The minimum absolute atomic E-state index is 0.298. The molecule has 1 amide bonds. The van der Waals surface area contributed by atoms with E-state index in [1.54, 1.807) is 31.2 Å². The average Bonchev–Trinajstić information content (AvgIpc) is 2.44. The molecule has 104 valence electrons. The highest BCUT2D eigenvalue weighted by Crippen LogP contribution is 2.17. The second kappa shape index (κ2) is 7.38. The van der Waals surface area contributed by atoms with Crippen LogP contribution in [0.25, 0.3) is 0 Å². The molecular formula is C13H17NO5. The molecule has 0 spiro atoms. The van der Waals surface area contributed by atoms with Crippen LogP contribution in [-0.2, 0) is 9.53 Å². The molecule has 1 aromatic carbocycles. The molecule has 0 aromatic heterocycles. The number of aliphatic hydroxyl groups is 1. The third-order valence-electron chi connectivity index (χ3n) is 2.41. The molecule has 0 aliphatic heterocycles. The van der Waals surface area contributed by atoms with Crippen LogP contribution in [0, 0.1) is 0 Å². The van der Waals surface area contributed by atoms with Crippen LogP contribution in [-0.4, -0.2) is 43.3 Å². The first-order valence-electron chi connectivity index (χ1n) is 5.85. The number of carbonyl (C=O) groups is 2. The van der Waals surface area contributed by atoms with Crippen molar-refractivity contribution in [2.45, 2.75) is 13.0 Å². The fourth-order valence-corrected chi connectivity index (χ4v) is 1.49. The van der Waals surface area contributed by atoms with Crippen LogP contribution in [0.1, 0.15) is 17.3 Å². The number of methoxy groups -OCH3 is 1. The topological polar surface area (TPSA) is 84.9 Å². The van der Waals surface area contributed by atoms with Gasteiger partial charge in [-0.25, -0.2) is 4.79 Å². The molecule has 0 unspecified atom stereocenters. The Morgan fingerprint density at radius 1 is 1.37 bits per heavy atom. The number of hydrogen-bond donors (Lipinski definition) is 2.